The van der Waals surface area contributed by atoms with Crippen LogP contribution in [0, 0.1) is 5.92 Å². The Morgan fingerprint density at radius 1 is 1.03 bits per heavy atom. The lowest BCUT2D eigenvalue weighted by atomic mass is 9.97. The van der Waals surface area contributed by atoms with Crippen LogP contribution in [0.3, 0.4) is 0 Å². The van der Waals surface area contributed by atoms with Crippen molar-refractivity contribution in [1.29, 1.82) is 0 Å². The third-order valence-corrected chi connectivity index (χ3v) is 7.71. The molecular formula is C25H32N2O5S. The van der Waals surface area contributed by atoms with Crippen molar-refractivity contribution in [3.63, 3.8) is 0 Å². The number of ether oxygens (including phenoxy) is 1. The molecule has 8 heteroatoms. The van der Waals surface area contributed by atoms with Crippen LogP contribution in [0.4, 0.5) is 5.69 Å². The van der Waals surface area contributed by atoms with Gasteiger partial charge < -0.3 is 9.64 Å². The number of anilines is 1. The largest absolute Gasteiger partial charge is 0.466 e. The fraction of sp³-hybridized carbons (Fsp3) is 0.440. The van der Waals surface area contributed by atoms with Crippen LogP contribution >= 0.6 is 0 Å². The van der Waals surface area contributed by atoms with Gasteiger partial charge in [-0.15, -0.1) is 0 Å². The van der Waals surface area contributed by atoms with E-state index in [1.54, 1.807) is 42.2 Å². The number of nitrogens with zero attached hydrogens (tertiary/aromatic N) is 2. The third kappa shape index (κ3) is 5.93. The SMILES string of the molecule is CCOC(=O)C1CCN(C(=O)CN(c2ccc(C(C)C)cc2)S(=O)(=O)c2ccccc2)CC1. The fourth-order valence-electron chi connectivity index (χ4n) is 3.91. The molecule has 1 aliphatic heterocycles. The molecule has 0 spiro atoms. The zero-order valence-corrected chi connectivity index (χ0v) is 20.3. The van der Waals surface area contributed by atoms with E-state index in [1.807, 2.05) is 12.1 Å². The summed E-state index contributed by atoms with van der Waals surface area (Å²) in [5.74, 6) is -0.435. The molecule has 1 saturated heterocycles. The van der Waals surface area contributed by atoms with Crippen LogP contribution in [0.5, 0.6) is 0 Å². The number of likely N-dealkylation sites (tertiary alicyclic amines) is 1. The van der Waals surface area contributed by atoms with Gasteiger partial charge in [-0.3, -0.25) is 13.9 Å². The number of piperidine rings is 1. The molecule has 33 heavy (non-hydrogen) atoms. The molecule has 1 amide bonds. The molecule has 3 rings (SSSR count). The molecule has 0 N–H and O–H groups in total. The Labute approximate surface area is 196 Å². The average molecular weight is 473 g/mol. The van der Waals surface area contributed by atoms with Crippen molar-refractivity contribution in [3.05, 3.63) is 60.2 Å². The summed E-state index contributed by atoms with van der Waals surface area (Å²) in [6.07, 6.45) is 1.03. The number of rotatable bonds is 8. The number of benzene rings is 2. The van der Waals surface area contributed by atoms with E-state index in [1.165, 1.54) is 16.4 Å². The quantitative estimate of drug-likeness (QED) is 0.546. The smallest absolute Gasteiger partial charge is 0.309 e. The minimum atomic E-state index is -3.94. The first kappa shape index (κ1) is 24.8. The molecule has 0 saturated carbocycles. The predicted octanol–water partition coefficient (Wildman–Crippen LogP) is 3.81. The van der Waals surface area contributed by atoms with Gasteiger partial charge in [0, 0.05) is 13.1 Å². The average Bonchev–Trinajstić information content (AvgIpc) is 2.83. The van der Waals surface area contributed by atoms with Gasteiger partial charge in [0.05, 0.1) is 23.1 Å². The van der Waals surface area contributed by atoms with Crippen LogP contribution in [0.1, 0.15) is 45.1 Å². The second-order valence-electron chi connectivity index (χ2n) is 8.48. The third-order valence-electron chi connectivity index (χ3n) is 5.93. The first-order valence-electron chi connectivity index (χ1n) is 11.4. The lowest BCUT2D eigenvalue weighted by Crippen LogP contribution is -2.46. The number of esters is 1. The lowest BCUT2D eigenvalue weighted by molar-refractivity contribution is -0.151. The van der Waals surface area contributed by atoms with Gasteiger partial charge in [-0.2, -0.15) is 0 Å². The number of carbonyl (C=O) groups excluding carboxylic acids is 2. The molecule has 7 nitrogen and oxygen atoms in total. The summed E-state index contributed by atoms with van der Waals surface area (Å²) in [4.78, 5) is 26.9. The van der Waals surface area contributed by atoms with E-state index in [0.717, 1.165) is 5.56 Å². The minimum Gasteiger partial charge on any atom is -0.466 e. The highest BCUT2D eigenvalue weighted by atomic mass is 32.2. The Bertz CT molecular complexity index is 1040. The Hall–Kier alpha value is -2.87. The Morgan fingerprint density at radius 2 is 1.64 bits per heavy atom. The Balaban J connectivity index is 1.82. The first-order valence-corrected chi connectivity index (χ1v) is 12.8. The second-order valence-corrected chi connectivity index (χ2v) is 10.3. The number of hydrogen-bond donors (Lipinski definition) is 0. The Morgan fingerprint density at radius 3 is 2.18 bits per heavy atom. The van der Waals surface area contributed by atoms with E-state index >= 15 is 0 Å². The van der Waals surface area contributed by atoms with Crippen molar-refractivity contribution in [3.8, 4) is 0 Å². The number of sulfonamides is 1. The van der Waals surface area contributed by atoms with Crippen molar-refractivity contribution in [2.24, 2.45) is 5.92 Å². The zero-order valence-electron chi connectivity index (χ0n) is 19.4. The molecule has 0 atom stereocenters. The molecule has 1 aliphatic rings. The molecule has 0 bridgehead atoms. The number of carbonyl (C=O) groups is 2. The van der Waals surface area contributed by atoms with E-state index in [0.29, 0.717) is 44.1 Å². The maximum absolute atomic E-state index is 13.5. The van der Waals surface area contributed by atoms with Gasteiger partial charge in [0.25, 0.3) is 10.0 Å². The molecule has 178 valence electrons. The zero-order chi connectivity index (χ0) is 24.0. The summed E-state index contributed by atoms with van der Waals surface area (Å²) in [6, 6.07) is 15.4. The van der Waals surface area contributed by atoms with Crippen LogP contribution in [-0.2, 0) is 24.3 Å². The molecular weight excluding hydrogens is 440 g/mol. The van der Waals surface area contributed by atoms with Crippen LogP contribution in [-0.4, -0.2) is 51.4 Å². The minimum absolute atomic E-state index is 0.131. The lowest BCUT2D eigenvalue weighted by Gasteiger charge is -2.33. The van der Waals surface area contributed by atoms with Crippen molar-refractivity contribution < 1.29 is 22.7 Å². The number of amides is 1. The molecule has 2 aromatic carbocycles. The van der Waals surface area contributed by atoms with Crippen molar-refractivity contribution in [2.45, 2.75) is 44.4 Å². The van der Waals surface area contributed by atoms with Crippen molar-refractivity contribution >= 4 is 27.6 Å². The van der Waals surface area contributed by atoms with Crippen LogP contribution in [0.25, 0.3) is 0 Å². The van der Waals surface area contributed by atoms with Crippen LogP contribution < -0.4 is 4.31 Å². The monoisotopic (exact) mass is 472 g/mol. The standard InChI is InChI=1S/C25H32N2O5S/c1-4-32-25(29)21-14-16-26(17-15-21)24(28)18-27(22-12-10-20(11-13-22)19(2)3)33(30,31)23-8-6-5-7-9-23/h5-13,19,21H,4,14-18H2,1-3H3. The van der Waals surface area contributed by atoms with Gasteiger partial charge in [-0.25, -0.2) is 8.42 Å². The van der Waals surface area contributed by atoms with E-state index in [9.17, 15) is 18.0 Å². The summed E-state index contributed by atoms with van der Waals surface area (Å²) < 4.78 is 33.2. The van der Waals surface area contributed by atoms with E-state index < -0.39 is 10.0 Å². The second kappa shape index (κ2) is 10.8. The maximum atomic E-state index is 13.5. The van der Waals surface area contributed by atoms with Gasteiger partial charge in [-0.05, 0) is 55.5 Å². The molecule has 0 aromatic heterocycles. The van der Waals surface area contributed by atoms with E-state index in [4.69, 9.17) is 4.74 Å². The summed E-state index contributed by atoms with van der Waals surface area (Å²) in [5.41, 5.74) is 1.53. The highest BCUT2D eigenvalue weighted by Gasteiger charge is 2.32. The summed E-state index contributed by atoms with van der Waals surface area (Å²) in [7, 11) is -3.94. The van der Waals surface area contributed by atoms with Crippen LogP contribution in [0.2, 0.25) is 0 Å². The van der Waals surface area contributed by atoms with Crippen molar-refractivity contribution in [1.82, 2.24) is 4.90 Å². The van der Waals surface area contributed by atoms with Gasteiger partial charge in [0.1, 0.15) is 6.54 Å². The first-order chi connectivity index (χ1) is 15.7. The molecule has 1 heterocycles. The fourth-order valence-corrected chi connectivity index (χ4v) is 5.34. The normalized spacial score (nSPS) is 14.8. The molecule has 1 fully saturated rings. The highest BCUT2D eigenvalue weighted by Crippen LogP contribution is 2.27. The van der Waals surface area contributed by atoms with Crippen molar-refractivity contribution in [2.75, 3.05) is 30.5 Å². The van der Waals surface area contributed by atoms with Gasteiger partial charge >= 0.3 is 5.97 Å². The van der Waals surface area contributed by atoms with Gasteiger partial charge in [0.2, 0.25) is 5.91 Å². The van der Waals surface area contributed by atoms with E-state index in [2.05, 4.69) is 13.8 Å². The topological polar surface area (TPSA) is 84.0 Å². The molecule has 2 aromatic rings. The van der Waals surface area contributed by atoms with Crippen LogP contribution in [0.15, 0.2) is 59.5 Å². The highest BCUT2D eigenvalue weighted by molar-refractivity contribution is 7.92. The van der Waals surface area contributed by atoms with Gasteiger partial charge in [-0.1, -0.05) is 44.2 Å². The summed E-state index contributed by atoms with van der Waals surface area (Å²) >= 11 is 0. The summed E-state index contributed by atoms with van der Waals surface area (Å²) in [6.45, 7) is 6.73. The molecule has 0 radical (unpaired) electrons. The van der Waals surface area contributed by atoms with E-state index in [-0.39, 0.29) is 29.2 Å². The predicted molar refractivity (Wildman–Crippen MR) is 127 cm³/mol. The summed E-state index contributed by atoms with van der Waals surface area (Å²) in [5, 5.41) is 0. The maximum Gasteiger partial charge on any atom is 0.309 e. The molecule has 0 unspecified atom stereocenters. The Kier molecular flexibility index (Phi) is 8.13. The number of hydrogen-bond acceptors (Lipinski definition) is 5. The van der Waals surface area contributed by atoms with Gasteiger partial charge in [0.15, 0.2) is 0 Å². The molecule has 0 aliphatic carbocycles.